The number of carbonyl (C=O) groups is 1. The van der Waals surface area contributed by atoms with Crippen molar-refractivity contribution in [2.24, 2.45) is 11.8 Å². The number of nitrogens with one attached hydrogen (secondary N) is 1. The molecule has 1 fully saturated rings. The van der Waals surface area contributed by atoms with Gasteiger partial charge in [-0.25, -0.2) is 4.79 Å². The largest absolute Gasteiger partial charge is 0.412 e. The summed E-state index contributed by atoms with van der Waals surface area (Å²) in [6, 6.07) is 6.81. The molecule has 0 atom stereocenters. The van der Waals surface area contributed by atoms with Crippen LogP contribution >= 0.6 is 11.6 Å². The zero-order valence-electron chi connectivity index (χ0n) is 14.8. The first kappa shape index (κ1) is 19.1. The van der Waals surface area contributed by atoms with E-state index in [1.807, 2.05) is 0 Å². The van der Waals surface area contributed by atoms with Crippen molar-refractivity contribution >= 4 is 17.7 Å². The summed E-state index contributed by atoms with van der Waals surface area (Å²) >= 11 is 5.81. The number of amides is 1. The zero-order valence-corrected chi connectivity index (χ0v) is 15.5. The maximum Gasteiger partial charge on any atom is 0.412 e. The van der Waals surface area contributed by atoms with E-state index in [2.05, 4.69) is 24.3 Å². The summed E-state index contributed by atoms with van der Waals surface area (Å²) in [7, 11) is 4.26. The second-order valence-corrected chi connectivity index (χ2v) is 7.49. The topological polar surface area (TPSA) is 41.6 Å². The molecule has 0 unspecified atom stereocenters. The molecule has 1 N–H and O–H groups in total. The van der Waals surface area contributed by atoms with Gasteiger partial charge in [-0.05, 0) is 82.4 Å². The summed E-state index contributed by atoms with van der Waals surface area (Å²) in [6.07, 6.45) is 7.20. The summed E-state index contributed by atoms with van der Waals surface area (Å²) < 4.78 is 5.24. The Bertz CT molecular complexity index is 497. The number of nitrogens with zero attached hydrogens (tertiary/aromatic N) is 1. The molecule has 5 heteroatoms. The highest BCUT2D eigenvalue weighted by atomic mass is 35.5. The molecular weight excluding hydrogens is 324 g/mol. The van der Waals surface area contributed by atoms with Gasteiger partial charge in [-0.1, -0.05) is 24.4 Å². The van der Waals surface area contributed by atoms with E-state index in [1.165, 1.54) is 45.1 Å². The molecule has 1 saturated carbocycles. The van der Waals surface area contributed by atoms with Gasteiger partial charge in [0.25, 0.3) is 0 Å². The lowest BCUT2D eigenvalue weighted by atomic mass is 9.80. The molecule has 0 saturated heterocycles. The molecule has 0 aliphatic heterocycles. The van der Waals surface area contributed by atoms with Crippen LogP contribution in [0.2, 0.25) is 5.02 Å². The molecule has 134 valence electrons. The van der Waals surface area contributed by atoms with Crippen molar-refractivity contribution in [3.63, 3.8) is 0 Å². The molecule has 2 rings (SSSR count). The van der Waals surface area contributed by atoms with E-state index >= 15 is 0 Å². The SMILES string of the molecule is CN(C)CCCC1CCC(CNC(=O)Oc2ccc(Cl)cc2)CC1. The first-order valence-corrected chi connectivity index (χ1v) is 9.26. The monoisotopic (exact) mass is 352 g/mol. The van der Waals surface area contributed by atoms with Gasteiger partial charge >= 0.3 is 6.09 Å². The minimum Gasteiger partial charge on any atom is -0.410 e. The summed E-state index contributed by atoms with van der Waals surface area (Å²) in [4.78, 5) is 14.1. The number of ether oxygens (including phenoxy) is 1. The summed E-state index contributed by atoms with van der Waals surface area (Å²) in [5.41, 5.74) is 0. The lowest BCUT2D eigenvalue weighted by Crippen LogP contribution is -2.33. The van der Waals surface area contributed by atoms with Crippen LogP contribution in [-0.4, -0.2) is 38.2 Å². The van der Waals surface area contributed by atoms with Crippen molar-refractivity contribution in [3.05, 3.63) is 29.3 Å². The maximum absolute atomic E-state index is 11.8. The molecule has 4 nitrogen and oxygen atoms in total. The Morgan fingerprint density at radius 2 is 1.79 bits per heavy atom. The fraction of sp³-hybridized carbons (Fsp3) is 0.632. The number of carbonyl (C=O) groups excluding carboxylic acids is 1. The minimum absolute atomic E-state index is 0.384. The normalized spacial score (nSPS) is 20.8. The molecule has 1 aromatic carbocycles. The Balaban J connectivity index is 1.60. The third-order valence-electron chi connectivity index (χ3n) is 4.74. The Labute approximate surface area is 150 Å². The molecule has 0 spiro atoms. The predicted molar refractivity (Wildman–Crippen MR) is 98.7 cm³/mol. The highest BCUT2D eigenvalue weighted by molar-refractivity contribution is 6.30. The smallest absolute Gasteiger partial charge is 0.410 e. The number of rotatable bonds is 7. The number of hydrogen-bond acceptors (Lipinski definition) is 3. The van der Waals surface area contributed by atoms with Crippen LogP contribution in [0.25, 0.3) is 0 Å². The van der Waals surface area contributed by atoms with Gasteiger partial charge in [0.05, 0.1) is 0 Å². The highest BCUT2D eigenvalue weighted by Crippen LogP contribution is 2.31. The van der Waals surface area contributed by atoms with E-state index in [-0.39, 0.29) is 6.09 Å². The van der Waals surface area contributed by atoms with Crippen molar-refractivity contribution < 1.29 is 9.53 Å². The van der Waals surface area contributed by atoms with Crippen LogP contribution in [0.4, 0.5) is 4.79 Å². The Morgan fingerprint density at radius 1 is 1.17 bits per heavy atom. The molecule has 1 aliphatic carbocycles. The lowest BCUT2D eigenvalue weighted by molar-refractivity contribution is 0.192. The van der Waals surface area contributed by atoms with Crippen LogP contribution in [-0.2, 0) is 0 Å². The van der Waals surface area contributed by atoms with E-state index in [9.17, 15) is 4.79 Å². The van der Waals surface area contributed by atoms with Crippen LogP contribution in [0.1, 0.15) is 38.5 Å². The molecule has 0 aromatic heterocycles. The van der Waals surface area contributed by atoms with Gasteiger partial charge in [-0.15, -0.1) is 0 Å². The third kappa shape index (κ3) is 7.10. The van der Waals surface area contributed by atoms with Crippen molar-refractivity contribution in [3.8, 4) is 5.75 Å². The van der Waals surface area contributed by atoms with E-state index in [0.717, 1.165) is 5.92 Å². The van der Waals surface area contributed by atoms with Crippen LogP contribution in [0, 0.1) is 11.8 Å². The van der Waals surface area contributed by atoms with Crippen LogP contribution in [0.5, 0.6) is 5.75 Å². The van der Waals surface area contributed by atoms with Gasteiger partial charge in [0, 0.05) is 11.6 Å². The fourth-order valence-electron chi connectivity index (χ4n) is 3.29. The van der Waals surface area contributed by atoms with Gasteiger partial charge in [-0.3, -0.25) is 0 Å². The predicted octanol–water partition coefficient (Wildman–Crippen LogP) is 4.58. The second kappa shape index (κ2) is 9.90. The van der Waals surface area contributed by atoms with Crippen molar-refractivity contribution in [1.29, 1.82) is 0 Å². The van der Waals surface area contributed by atoms with Gasteiger partial charge < -0.3 is 15.0 Å². The van der Waals surface area contributed by atoms with Crippen LogP contribution < -0.4 is 10.1 Å². The Morgan fingerprint density at radius 3 is 2.42 bits per heavy atom. The van der Waals surface area contributed by atoms with E-state index < -0.39 is 0 Å². The summed E-state index contributed by atoms with van der Waals surface area (Å²) in [5.74, 6) is 1.96. The van der Waals surface area contributed by atoms with Crippen LogP contribution in [0.15, 0.2) is 24.3 Å². The highest BCUT2D eigenvalue weighted by Gasteiger charge is 2.21. The molecule has 24 heavy (non-hydrogen) atoms. The molecule has 1 aromatic rings. The molecule has 0 heterocycles. The standard InChI is InChI=1S/C19H29ClN2O2/c1-22(2)13-3-4-15-5-7-16(8-6-15)14-21-19(23)24-18-11-9-17(20)10-12-18/h9-12,15-16H,3-8,13-14H2,1-2H3,(H,21,23). The van der Waals surface area contributed by atoms with Gasteiger partial charge in [-0.2, -0.15) is 0 Å². The molecule has 1 aliphatic rings. The Kier molecular flexibility index (Phi) is 7.86. The molecule has 1 amide bonds. The average molecular weight is 353 g/mol. The van der Waals surface area contributed by atoms with Crippen molar-refractivity contribution in [1.82, 2.24) is 10.2 Å². The summed E-state index contributed by atoms with van der Waals surface area (Å²) in [5, 5.41) is 3.52. The van der Waals surface area contributed by atoms with Crippen molar-refractivity contribution in [2.45, 2.75) is 38.5 Å². The van der Waals surface area contributed by atoms with Gasteiger partial charge in [0.1, 0.15) is 5.75 Å². The minimum atomic E-state index is -0.384. The number of benzene rings is 1. The lowest BCUT2D eigenvalue weighted by Gasteiger charge is -2.28. The number of halogens is 1. The second-order valence-electron chi connectivity index (χ2n) is 7.06. The summed E-state index contributed by atoms with van der Waals surface area (Å²) in [6.45, 7) is 1.88. The van der Waals surface area contributed by atoms with E-state index in [4.69, 9.17) is 16.3 Å². The number of hydrogen-bond donors (Lipinski definition) is 1. The van der Waals surface area contributed by atoms with E-state index in [0.29, 0.717) is 23.2 Å². The molecule has 0 radical (unpaired) electrons. The van der Waals surface area contributed by atoms with Crippen LogP contribution in [0.3, 0.4) is 0 Å². The Hall–Kier alpha value is -1.26. The van der Waals surface area contributed by atoms with E-state index in [1.54, 1.807) is 24.3 Å². The maximum atomic E-state index is 11.8. The fourth-order valence-corrected chi connectivity index (χ4v) is 3.42. The first-order chi connectivity index (χ1) is 11.5. The zero-order chi connectivity index (χ0) is 17.4. The third-order valence-corrected chi connectivity index (χ3v) is 5.00. The molecule has 0 bridgehead atoms. The molecular formula is C19H29ClN2O2. The first-order valence-electron chi connectivity index (χ1n) is 8.89. The van der Waals surface area contributed by atoms with Gasteiger partial charge in [0.15, 0.2) is 0 Å². The van der Waals surface area contributed by atoms with Gasteiger partial charge in [0.2, 0.25) is 0 Å². The average Bonchev–Trinajstić information content (AvgIpc) is 2.56. The quantitative estimate of drug-likeness (QED) is 0.781. The van der Waals surface area contributed by atoms with Crippen molar-refractivity contribution in [2.75, 3.05) is 27.2 Å².